The van der Waals surface area contributed by atoms with Gasteiger partial charge in [-0.15, -0.1) is 10.2 Å². The molecule has 1 aromatic heterocycles. The number of allylic oxidation sites excluding steroid dienone is 5. The van der Waals surface area contributed by atoms with Crippen LogP contribution in [0.5, 0.6) is 11.5 Å². The summed E-state index contributed by atoms with van der Waals surface area (Å²) in [6, 6.07) is 42.2. The average Bonchev–Trinajstić information content (AvgIpc) is 3.11. The lowest BCUT2D eigenvalue weighted by atomic mass is 10.0. The monoisotopic (exact) mass is 694 g/mol. The Morgan fingerprint density at radius 2 is 1.15 bits per heavy atom. The lowest BCUT2D eigenvalue weighted by Crippen LogP contribution is -2.68. The minimum atomic E-state index is -4.94. The summed E-state index contributed by atoms with van der Waals surface area (Å²) >= 11 is 3.56. The zero-order chi connectivity index (χ0) is 33.9. The maximum absolute atomic E-state index is 8.49. The first-order chi connectivity index (χ1) is 23.2. The number of methoxy groups -OCH3 is 2. The molecule has 0 saturated heterocycles. The Labute approximate surface area is 290 Å². The maximum atomic E-state index is 8.49. The highest BCUT2D eigenvalue weighted by Gasteiger charge is 2.17. The molecule has 4 aromatic carbocycles. The Morgan fingerprint density at radius 1 is 0.604 bits per heavy atom. The molecule has 0 amide bonds. The molecule has 1 aliphatic rings. The van der Waals surface area contributed by atoms with Crippen LogP contribution in [-0.4, -0.2) is 14.2 Å². The van der Waals surface area contributed by atoms with Gasteiger partial charge in [-0.3, -0.25) is 0 Å². The highest BCUT2D eigenvalue weighted by Crippen LogP contribution is 2.42. The average molecular weight is 695 g/mol. The van der Waals surface area contributed by atoms with Crippen molar-refractivity contribution in [1.29, 1.82) is 0 Å². The third-order valence-electron chi connectivity index (χ3n) is 7.11. The number of thioether (sulfide) groups is 1. The summed E-state index contributed by atoms with van der Waals surface area (Å²) in [5, 5.41) is 0. The van der Waals surface area contributed by atoms with Gasteiger partial charge in [0.25, 0.3) is 0 Å². The van der Waals surface area contributed by atoms with Gasteiger partial charge in [0.2, 0.25) is 21.1 Å². The van der Waals surface area contributed by atoms with Crippen molar-refractivity contribution in [3.05, 3.63) is 167 Å². The molecular formula is C39H31ClO6S2. The molecule has 0 bridgehead atoms. The van der Waals surface area contributed by atoms with E-state index in [9.17, 15) is 0 Å². The first-order valence-corrected chi connectivity index (χ1v) is 17.5. The van der Waals surface area contributed by atoms with Crippen LogP contribution in [0, 0.1) is 10.2 Å². The molecule has 9 heteroatoms. The SMILES string of the molecule is COc1ccc(C2=CC(c3ccccc3)=C/C(=C\C=C\c3cc(-c4ccccc4)cc(-c4ccc(OC)cc4)[s+]3)S2)cc1.[O-][Cl+3]([O-])([O-])[O-]. The van der Waals surface area contributed by atoms with Crippen LogP contribution in [-0.2, 0) is 0 Å². The van der Waals surface area contributed by atoms with E-state index < -0.39 is 10.2 Å². The van der Waals surface area contributed by atoms with Crippen molar-refractivity contribution < 1.29 is 38.4 Å². The second-order valence-corrected chi connectivity index (χ2v) is 13.3. The summed E-state index contributed by atoms with van der Waals surface area (Å²) in [4.78, 5) is 4.78. The predicted octanol–water partition coefficient (Wildman–Crippen LogP) is 6.39. The van der Waals surface area contributed by atoms with Crippen molar-refractivity contribution in [1.82, 2.24) is 0 Å². The van der Waals surface area contributed by atoms with Gasteiger partial charge in [-0.2, -0.15) is 0 Å². The van der Waals surface area contributed by atoms with Gasteiger partial charge in [0, 0.05) is 33.6 Å². The lowest BCUT2D eigenvalue weighted by molar-refractivity contribution is -2.00. The van der Waals surface area contributed by atoms with Crippen LogP contribution in [0.1, 0.15) is 16.0 Å². The predicted molar refractivity (Wildman–Crippen MR) is 186 cm³/mol. The zero-order valence-electron chi connectivity index (χ0n) is 26.1. The number of ether oxygens (including phenoxy) is 2. The molecule has 6 rings (SSSR count). The Hall–Kier alpha value is -4.51. The fraction of sp³-hybridized carbons (Fsp3) is 0.0513. The standard InChI is InChI=1S/C39H31O2S2.ClHO4/c1-40-34-20-16-30(17-21-34)38-26-32(28-10-5-3-6-11-28)24-36(42-38)14-9-15-37-25-33(29-12-7-4-8-13-29)27-39(43-37)31-18-22-35(41-2)23-19-31;2-1(3,4)5/h3-27H,1-2H3;(H,2,3,4,5)/q+1;/p-1. The first-order valence-electron chi connectivity index (χ1n) is 14.7. The third kappa shape index (κ3) is 10.2. The van der Waals surface area contributed by atoms with Crippen LogP contribution >= 0.6 is 23.1 Å². The number of halogens is 1. The van der Waals surface area contributed by atoms with E-state index in [1.54, 1.807) is 37.3 Å². The van der Waals surface area contributed by atoms with Crippen LogP contribution < -0.4 is 28.1 Å². The number of benzene rings is 4. The molecule has 0 unspecified atom stereocenters. The smallest absolute Gasteiger partial charge is 0.239 e. The van der Waals surface area contributed by atoms with Crippen molar-refractivity contribution in [2.75, 3.05) is 14.2 Å². The van der Waals surface area contributed by atoms with Gasteiger partial charge in [-0.25, -0.2) is 18.6 Å². The molecule has 5 aromatic rings. The lowest BCUT2D eigenvalue weighted by Gasteiger charge is -2.17. The van der Waals surface area contributed by atoms with Gasteiger partial charge in [-0.1, -0.05) is 90.6 Å². The van der Waals surface area contributed by atoms with E-state index in [1.807, 2.05) is 24.3 Å². The minimum absolute atomic E-state index is 0.857. The summed E-state index contributed by atoms with van der Waals surface area (Å²) in [5.74, 6) is 1.71. The van der Waals surface area contributed by atoms with Crippen molar-refractivity contribution in [2.24, 2.45) is 0 Å². The molecule has 0 radical (unpaired) electrons. The highest BCUT2D eigenvalue weighted by molar-refractivity contribution is 8.12. The van der Waals surface area contributed by atoms with Gasteiger partial charge in [0.05, 0.1) is 14.2 Å². The van der Waals surface area contributed by atoms with Crippen LogP contribution in [0.25, 0.3) is 38.1 Å². The van der Waals surface area contributed by atoms with Crippen molar-refractivity contribution in [2.45, 2.75) is 0 Å². The van der Waals surface area contributed by atoms with Crippen molar-refractivity contribution >= 4 is 39.7 Å². The molecule has 2 heterocycles. The largest absolute Gasteiger partial charge is 0.497 e. The summed E-state index contributed by atoms with van der Waals surface area (Å²) in [7, 11) is -1.55. The van der Waals surface area contributed by atoms with Gasteiger partial charge in [0.15, 0.2) is 0 Å². The van der Waals surface area contributed by atoms with Crippen molar-refractivity contribution in [3.63, 3.8) is 0 Å². The molecule has 0 atom stereocenters. The van der Waals surface area contributed by atoms with E-state index in [4.69, 9.17) is 28.1 Å². The summed E-state index contributed by atoms with van der Waals surface area (Å²) in [6.45, 7) is 0. The molecule has 0 fully saturated rings. The van der Waals surface area contributed by atoms with Gasteiger partial charge in [-0.05, 0) is 82.5 Å². The number of hydrogen-bond acceptors (Lipinski definition) is 7. The number of rotatable bonds is 8. The van der Waals surface area contributed by atoms with Gasteiger partial charge in [0.1, 0.15) is 11.5 Å². The van der Waals surface area contributed by atoms with Gasteiger partial charge < -0.3 is 9.47 Å². The molecule has 0 saturated carbocycles. The Balaban J connectivity index is 0.000000840. The quantitative estimate of drug-likeness (QED) is 0.173. The number of hydrogen-bond donors (Lipinski definition) is 0. The molecule has 0 spiro atoms. The maximum Gasteiger partial charge on any atom is 0.239 e. The Bertz CT molecular complexity index is 1930. The zero-order valence-corrected chi connectivity index (χ0v) is 28.5. The second-order valence-electron chi connectivity index (χ2n) is 10.3. The van der Waals surface area contributed by atoms with E-state index in [0.717, 1.165) is 11.5 Å². The second kappa shape index (κ2) is 16.5. The van der Waals surface area contributed by atoms with Crippen LogP contribution in [0.2, 0.25) is 0 Å². The van der Waals surface area contributed by atoms with E-state index in [2.05, 4.69) is 127 Å². The van der Waals surface area contributed by atoms with E-state index in [1.165, 1.54) is 53.0 Å². The topological polar surface area (TPSA) is 111 Å². The van der Waals surface area contributed by atoms with Crippen LogP contribution in [0.3, 0.4) is 0 Å². The molecule has 0 N–H and O–H groups in total. The summed E-state index contributed by atoms with van der Waals surface area (Å²) in [6.07, 6.45) is 11.1. The Morgan fingerprint density at radius 3 is 1.71 bits per heavy atom. The molecule has 48 heavy (non-hydrogen) atoms. The molecule has 242 valence electrons. The Kier molecular flexibility index (Phi) is 12.0. The fourth-order valence-electron chi connectivity index (χ4n) is 4.84. The van der Waals surface area contributed by atoms with Crippen LogP contribution in [0.15, 0.2) is 151 Å². The molecule has 1 aliphatic heterocycles. The fourth-order valence-corrected chi connectivity index (χ4v) is 6.89. The minimum Gasteiger partial charge on any atom is -0.497 e. The summed E-state index contributed by atoms with van der Waals surface area (Å²) in [5.41, 5.74) is 7.13. The highest BCUT2D eigenvalue weighted by atomic mass is 35.7. The van der Waals surface area contributed by atoms with E-state index in [-0.39, 0.29) is 0 Å². The van der Waals surface area contributed by atoms with E-state index >= 15 is 0 Å². The molecule has 6 nitrogen and oxygen atoms in total. The summed E-state index contributed by atoms with van der Waals surface area (Å²) < 4.78 is 44.7. The molecule has 0 aliphatic carbocycles. The van der Waals surface area contributed by atoms with Crippen molar-refractivity contribution in [3.8, 4) is 33.1 Å². The third-order valence-corrected chi connectivity index (χ3v) is 9.23. The first kappa shape index (κ1) is 34.8. The normalized spacial score (nSPS) is 13.8. The van der Waals surface area contributed by atoms with E-state index in [0.29, 0.717) is 0 Å². The van der Waals surface area contributed by atoms with Crippen LogP contribution in [0.4, 0.5) is 0 Å². The molecular weight excluding hydrogens is 664 g/mol. The van der Waals surface area contributed by atoms with Gasteiger partial charge >= 0.3 is 0 Å².